The number of hydrogen-bond acceptors (Lipinski definition) is 4. The molecule has 2 rings (SSSR count). The van der Waals surface area contributed by atoms with Crippen LogP contribution in [0.4, 0.5) is 10.1 Å². The molecule has 0 saturated heterocycles. The molecule has 20 heavy (non-hydrogen) atoms. The van der Waals surface area contributed by atoms with Gasteiger partial charge in [-0.25, -0.2) is 9.18 Å². The Labute approximate surface area is 113 Å². The van der Waals surface area contributed by atoms with E-state index in [1.54, 1.807) is 6.20 Å². The zero-order valence-corrected chi connectivity index (χ0v) is 10.3. The highest BCUT2D eigenvalue weighted by Crippen LogP contribution is 2.17. The molecule has 2 N–H and O–H groups in total. The zero-order chi connectivity index (χ0) is 14.5. The lowest BCUT2D eigenvalue weighted by atomic mass is 10.1. The number of amides is 1. The molecule has 0 aliphatic carbocycles. The first-order chi connectivity index (χ1) is 9.56. The first-order valence-electron chi connectivity index (χ1n) is 5.73. The molecule has 1 heterocycles. The van der Waals surface area contributed by atoms with Gasteiger partial charge in [0.1, 0.15) is 5.82 Å². The maximum atomic E-state index is 13.0. The number of nitrogens with one attached hydrogen (secondary N) is 1. The molecule has 2 aromatic rings. The molecule has 8 heteroatoms. The van der Waals surface area contributed by atoms with Crippen LogP contribution in [0.1, 0.15) is 16.8 Å². The number of carbonyl (C=O) groups is 2. The van der Waals surface area contributed by atoms with Gasteiger partial charge in [0, 0.05) is 12.6 Å². The van der Waals surface area contributed by atoms with Gasteiger partial charge in [-0.1, -0.05) is 5.21 Å². The molecule has 7 nitrogen and oxygen atoms in total. The third-order valence-corrected chi connectivity index (χ3v) is 2.53. The van der Waals surface area contributed by atoms with Crippen LogP contribution in [0, 0.1) is 5.82 Å². The normalized spacial score (nSPS) is 10.2. The van der Waals surface area contributed by atoms with Crippen molar-refractivity contribution in [3.05, 3.63) is 42.0 Å². The van der Waals surface area contributed by atoms with E-state index in [-0.39, 0.29) is 17.7 Å². The lowest BCUT2D eigenvalue weighted by molar-refractivity contribution is -0.116. The molecule has 0 aliphatic heterocycles. The molecule has 0 radical (unpaired) electrons. The smallest absolute Gasteiger partial charge is 0.337 e. The van der Waals surface area contributed by atoms with Crippen LogP contribution in [0.3, 0.4) is 0 Å². The van der Waals surface area contributed by atoms with Gasteiger partial charge in [0.25, 0.3) is 0 Å². The van der Waals surface area contributed by atoms with Gasteiger partial charge in [-0.05, 0) is 18.2 Å². The molecule has 1 aromatic carbocycles. The van der Waals surface area contributed by atoms with Crippen molar-refractivity contribution >= 4 is 17.6 Å². The fourth-order valence-electron chi connectivity index (χ4n) is 1.58. The topological polar surface area (TPSA) is 97.1 Å². The minimum Gasteiger partial charge on any atom is -0.478 e. The number of anilines is 1. The molecular weight excluding hydrogens is 267 g/mol. The highest BCUT2D eigenvalue weighted by molar-refractivity contribution is 6.00. The van der Waals surface area contributed by atoms with Crippen molar-refractivity contribution in [3.63, 3.8) is 0 Å². The second-order valence-corrected chi connectivity index (χ2v) is 3.96. The Bertz CT molecular complexity index is 628. The summed E-state index contributed by atoms with van der Waals surface area (Å²) in [5, 5.41) is 18.7. The van der Waals surface area contributed by atoms with Crippen LogP contribution in [-0.4, -0.2) is 32.0 Å². The number of benzene rings is 1. The Morgan fingerprint density at radius 3 is 2.85 bits per heavy atom. The summed E-state index contributed by atoms with van der Waals surface area (Å²) in [7, 11) is 0. The van der Waals surface area contributed by atoms with Gasteiger partial charge < -0.3 is 10.4 Å². The number of carboxylic acids is 1. The van der Waals surface area contributed by atoms with E-state index in [1.165, 1.54) is 16.9 Å². The Morgan fingerprint density at radius 2 is 2.20 bits per heavy atom. The van der Waals surface area contributed by atoms with Crippen molar-refractivity contribution in [2.24, 2.45) is 0 Å². The molecule has 0 saturated carbocycles. The van der Waals surface area contributed by atoms with Crippen molar-refractivity contribution < 1.29 is 19.1 Å². The van der Waals surface area contributed by atoms with Crippen molar-refractivity contribution in [1.82, 2.24) is 15.0 Å². The molecule has 1 amide bonds. The van der Waals surface area contributed by atoms with Crippen LogP contribution >= 0.6 is 0 Å². The third kappa shape index (κ3) is 3.37. The zero-order valence-electron chi connectivity index (χ0n) is 10.3. The van der Waals surface area contributed by atoms with E-state index in [0.29, 0.717) is 6.54 Å². The van der Waals surface area contributed by atoms with E-state index < -0.39 is 17.7 Å². The summed E-state index contributed by atoms with van der Waals surface area (Å²) in [4.78, 5) is 22.7. The van der Waals surface area contributed by atoms with Crippen molar-refractivity contribution in [2.45, 2.75) is 13.0 Å². The van der Waals surface area contributed by atoms with Crippen molar-refractivity contribution in [1.29, 1.82) is 0 Å². The van der Waals surface area contributed by atoms with Gasteiger partial charge in [-0.15, -0.1) is 5.10 Å². The monoisotopic (exact) mass is 278 g/mol. The van der Waals surface area contributed by atoms with Crippen LogP contribution in [0.5, 0.6) is 0 Å². The molecular formula is C12H11FN4O3. The van der Waals surface area contributed by atoms with E-state index >= 15 is 0 Å². The highest BCUT2D eigenvalue weighted by atomic mass is 19.1. The molecule has 0 atom stereocenters. The number of hydrogen-bond donors (Lipinski definition) is 2. The molecule has 1 aromatic heterocycles. The Kier molecular flexibility index (Phi) is 4.04. The number of carbonyl (C=O) groups excluding carboxylic acids is 1. The van der Waals surface area contributed by atoms with Gasteiger partial charge in [0.15, 0.2) is 0 Å². The molecule has 104 valence electrons. The van der Waals surface area contributed by atoms with Crippen LogP contribution < -0.4 is 5.32 Å². The van der Waals surface area contributed by atoms with Gasteiger partial charge >= 0.3 is 5.97 Å². The largest absolute Gasteiger partial charge is 0.478 e. The van der Waals surface area contributed by atoms with E-state index in [9.17, 15) is 14.0 Å². The number of rotatable bonds is 5. The average Bonchev–Trinajstić information content (AvgIpc) is 2.91. The number of nitrogens with zero attached hydrogens (tertiary/aromatic N) is 3. The standard InChI is InChI=1S/C12H11FN4O3/c13-8-1-2-10(9(7-8)12(19)20)15-11(18)3-5-17-6-4-14-16-17/h1-2,4,6-7H,3,5H2,(H,15,18)(H,19,20). The third-order valence-electron chi connectivity index (χ3n) is 2.53. The highest BCUT2D eigenvalue weighted by Gasteiger charge is 2.13. The summed E-state index contributed by atoms with van der Waals surface area (Å²) in [6, 6.07) is 3.15. The SMILES string of the molecule is O=C(CCn1ccnn1)Nc1ccc(F)cc1C(=O)O. The second kappa shape index (κ2) is 5.91. The van der Waals surface area contributed by atoms with Crippen LogP contribution in [0.25, 0.3) is 0 Å². The molecule has 0 bridgehead atoms. The van der Waals surface area contributed by atoms with E-state index in [0.717, 1.165) is 12.1 Å². The lowest BCUT2D eigenvalue weighted by Gasteiger charge is -2.08. The number of aromatic nitrogens is 3. The number of aromatic carboxylic acids is 1. The summed E-state index contributed by atoms with van der Waals surface area (Å²) in [6.07, 6.45) is 3.19. The quantitative estimate of drug-likeness (QED) is 0.854. The maximum Gasteiger partial charge on any atom is 0.337 e. The Morgan fingerprint density at radius 1 is 1.40 bits per heavy atom. The first kappa shape index (κ1) is 13.7. The van der Waals surface area contributed by atoms with Crippen molar-refractivity contribution in [3.8, 4) is 0 Å². The van der Waals surface area contributed by atoms with Gasteiger partial charge in [0.2, 0.25) is 5.91 Å². The Hall–Kier alpha value is -2.77. The van der Waals surface area contributed by atoms with Crippen molar-refractivity contribution in [2.75, 3.05) is 5.32 Å². The predicted molar refractivity (Wildman–Crippen MR) is 66.6 cm³/mol. The van der Waals surface area contributed by atoms with Crippen LogP contribution in [0.15, 0.2) is 30.6 Å². The van der Waals surface area contributed by atoms with Crippen LogP contribution in [-0.2, 0) is 11.3 Å². The maximum absolute atomic E-state index is 13.0. The van der Waals surface area contributed by atoms with Gasteiger partial charge in [-0.3, -0.25) is 9.48 Å². The van der Waals surface area contributed by atoms with E-state index in [1.807, 2.05) is 0 Å². The number of aryl methyl sites for hydroxylation is 1. The van der Waals surface area contributed by atoms with Gasteiger partial charge in [-0.2, -0.15) is 0 Å². The minimum atomic E-state index is -1.31. The lowest BCUT2D eigenvalue weighted by Crippen LogP contribution is -2.17. The van der Waals surface area contributed by atoms with E-state index in [4.69, 9.17) is 5.11 Å². The Balaban J connectivity index is 2.02. The van der Waals surface area contributed by atoms with Crippen LogP contribution in [0.2, 0.25) is 0 Å². The fraction of sp³-hybridized carbons (Fsp3) is 0.167. The minimum absolute atomic E-state index is 0.0579. The molecule has 0 unspecified atom stereocenters. The molecule has 0 spiro atoms. The predicted octanol–water partition coefficient (Wildman–Crippen LogP) is 1.14. The summed E-state index contributed by atoms with van der Waals surface area (Å²) in [5.41, 5.74) is -0.235. The second-order valence-electron chi connectivity index (χ2n) is 3.96. The summed E-state index contributed by atoms with van der Waals surface area (Å²) in [5.74, 6) is -2.38. The summed E-state index contributed by atoms with van der Waals surface area (Å²) >= 11 is 0. The number of halogens is 1. The molecule has 0 aliphatic rings. The first-order valence-corrected chi connectivity index (χ1v) is 5.73. The fourth-order valence-corrected chi connectivity index (χ4v) is 1.58. The number of carboxylic acid groups (broad SMARTS) is 1. The average molecular weight is 278 g/mol. The summed E-state index contributed by atoms with van der Waals surface area (Å²) < 4.78 is 14.5. The summed E-state index contributed by atoms with van der Waals surface area (Å²) in [6.45, 7) is 0.315. The molecule has 0 fully saturated rings. The van der Waals surface area contributed by atoms with Gasteiger partial charge in [0.05, 0.1) is 24.0 Å². The van der Waals surface area contributed by atoms with E-state index in [2.05, 4.69) is 15.6 Å².